The van der Waals surface area contributed by atoms with Crippen LogP contribution in [0.2, 0.25) is 0 Å². The lowest BCUT2D eigenvalue weighted by molar-refractivity contribution is 0.101. The zero-order valence-electron chi connectivity index (χ0n) is 13.0. The van der Waals surface area contributed by atoms with Gasteiger partial charge in [-0.05, 0) is 43.7 Å². The molecule has 1 aromatic carbocycles. The molecule has 2 atom stereocenters. The molecule has 0 spiro atoms. The number of nitrogens with zero attached hydrogens (tertiary/aromatic N) is 1. The molecular formula is C17H23NO3S. The number of fused-ring (bicyclic) bond motifs is 1. The molecule has 5 heteroatoms. The Kier molecular flexibility index (Phi) is 4.37. The van der Waals surface area contributed by atoms with Crippen LogP contribution in [0.25, 0.3) is 0 Å². The zero-order valence-corrected chi connectivity index (χ0v) is 13.8. The third kappa shape index (κ3) is 2.97. The van der Waals surface area contributed by atoms with Crippen LogP contribution in [0.5, 0.6) is 0 Å². The highest BCUT2D eigenvalue weighted by Crippen LogP contribution is 2.37. The number of Topliss-reactive ketones (excluding diaryl/α,β-unsaturated/α-hetero) is 1. The molecular weight excluding hydrogens is 298 g/mol. The van der Waals surface area contributed by atoms with Gasteiger partial charge in [-0.3, -0.25) is 4.79 Å². The average molecular weight is 321 g/mol. The molecule has 2 fully saturated rings. The van der Waals surface area contributed by atoms with Crippen molar-refractivity contribution in [2.24, 2.45) is 11.8 Å². The SMILES string of the molecule is CC(=O)c1ccc(S(=O)(=O)N2CC[C@@H]3CCCC[C@@H]3C2)cc1. The van der Waals surface area contributed by atoms with Crippen LogP contribution in [-0.4, -0.2) is 31.6 Å². The lowest BCUT2D eigenvalue weighted by Gasteiger charge is -2.40. The largest absolute Gasteiger partial charge is 0.295 e. The fourth-order valence-electron chi connectivity index (χ4n) is 3.80. The summed E-state index contributed by atoms with van der Waals surface area (Å²) in [5.41, 5.74) is 0.546. The summed E-state index contributed by atoms with van der Waals surface area (Å²) in [4.78, 5) is 11.6. The van der Waals surface area contributed by atoms with Crippen molar-refractivity contribution in [1.82, 2.24) is 4.31 Å². The lowest BCUT2D eigenvalue weighted by Crippen LogP contribution is -2.44. The van der Waals surface area contributed by atoms with Gasteiger partial charge in [0.05, 0.1) is 4.90 Å². The Morgan fingerprint density at radius 2 is 1.68 bits per heavy atom. The molecule has 1 saturated heterocycles. The van der Waals surface area contributed by atoms with Crippen LogP contribution in [0.4, 0.5) is 0 Å². The maximum absolute atomic E-state index is 12.8. The Morgan fingerprint density at radius 1 is 1.05 bits per heavy atom. The Balaban J connectivity index is 1.79. The molecule has 0 bridgehead atoms. The fourth-order valence-corrected chi connectivity index (χ4v) is 5.31. The van der Waals surface area contributed by atoms with E-state index in [-0.39, 0.29) is 5.78 Å². The first-order chi connectivity index (χ1) is 10.5. The Morgan fingerprint density at radius 3 is 2.32 bits per heavy atom. The summed E-state index contributed by atoms with van der Waals surface area (Å²) in [6, 6.07) is 6.31. The topological polar surface area (TPSA) is 54.5 Å². The molecule has 2 aliphatic rings. The number of carbonyl (C=O) groups excluding carboxylic acids is 1. The predicted molar refractivity (Wildman–Crippen MR) is 85.3 cm³/mol. The number of rotatable bonds is 3. The van der Waals surface area contributed by atoms with Gasteiger partial charge in [0.15, 0.2) is 5.78 Å². The van der Waals surface area contributed by atoms with Gasteiger partial charge in [-0.15, -0.1) is 0 Å². The minimum absolute atomic E-state index is 0.0491. The van der Waals surface area contributed by atoms with Crippen LogP contribution >= 0.6 is 0 Å². The first-order valence-electron chi connectivity index (χ1n) is 8.09. The second-order valence-electron chi connectivity index (χ2n) is 6.54. The molecule has 1 aromatic rings. The van der Waals surface area contributed by atoms with Crippen molar-refractivity contribution in [3.8, 4) is 0 Å². The van der Waals surface area contributed by atoms with E-state index in [1.54, 1.807) is 28.6 Å². The summed E-state index contributed by atoms with van der Waals surface area (Å²) in [5, 5.41) is 0. The van der Waals surface area contributed by atoms with Gasteiger partial charge in [0.25, 0.3) is 0 Å². The number of benzene rings is 1. The van der Waals surface area contributed by atoms with E-state index < -0.39 is 10.0 Å². The first kappa shape index (κ1) is 15.7. The van der Waals surface area contributed by atoms with Crippen LogP contribution < -0.4 is 0 Å². The molecule has 1 aliphatic carbocycles. The Labute approximate surface area is 132 Å². The lowest BCUT2D eigenvalue weighted by atomic mass is 9.76. The number of ketones is 1. The summed E-state index contributed by atoms with van der Waals surface area (Å²) in [5.74, 6) is 1.18. The van der Waals surface area contributed by atoms with E-state index >= 15 is 0 Å². The molecule has 1 heterocycles. The fraction of sp³-hybridized carbons (Fsp3) is 0.588. The molecule has 0 amide bonds. The predicted octanol–water partition coefficient (Wildman–Crippen LogP) is 3.09. The maximum atomic E-state index is 12.8. The van der Waals surface area contributed by atoms with E-state index in [0.717, 1.165) is 12.8 Å². The van der Waals surface area contributed by atoms with Gasteiger partial charge in [0.2, 0.25) is 10.0 Å². The minimum Gasteiger partial charge on any atom is -0.295 e. The van der Waals surface area contributed by atoms with Gasteiger partial charge in [-0.25, -0.2) is 8.42 Å². The van der Waals surface area contributed by atoms with Crippen LogP contribution in [0.15, 0.2) is 29.2 Å². The minimum atomic E-state index is -3.43. The van der Waals surface area contributed by atoms with Crippen molar-refractivity contribution in [2.45, 2.75) is 43.9 Å². The van der Waals surface area contributed by atoms with Crippen molar-refractivity contribution in [3.63, 3.8) is 0 Å². The standard InChI is InChI=1S/C17H23NO3S/c1-13(19)14-6-8-17(9-7-14)22(20,21)18-11-10-15-4-2-3-5-16(15)12-18/h6-9,15-16H,2-5,10-12H2,1H3/t15-,16+/m0/s1. The summed E-state index contributed by atoms with van der Waals surface area (Å²) >= 11 is 0. The van der Waals surface area contributed by atoms with Gasteiger partial charge in [-0.2, -0.15) is 4.31 Å². The highest BCUT2D eigenvalue weighted by molar-refractivity contribution is 7.89. The summed E-state index contributed by atoms with van der Waals surface area (Å²) in [6.45, 7) is 2.76. The molecule has 0 N–H and O–H groups in total. The van der Waals surface area contributed by atoms with E-state index in [9.17, 15) is 13.2 Å². The van der Waals surface area contributed by atoms with Crippen molar-refractivity contribution in [3.05, 3.63) is 29.8 Å². The number of carbonyl (C=O) groups is 1. The molecule has 22 heavy (non-hydrogen) atoms. The molecule has 0 aromatic heterocycles. The second kappa shape index (κ2) is 6.13. The van der Waals surface area contributed by atoms with Crippen LogP contribution in [0.1, 0.15) is 49.4 Å². The van der Waals surface area contributed by atoms with E-state index in [0.29, 0.717) is 35.4 Å². The average Bonchev–Trinajstić information content (AvgIpc) is 2.54. The van der Waals surface area contributed by atoms with Crippen LogP contribution in [-0.2, 0) is 10.0 Å². The maximum Gasteiger partial charge on any atom is 0.243 e. The molecule has 4 nitrogen and oxygen atoms in total. The highest BCUT2D eigenvalue weighted by atomic mass is 32.2. The van der Waals surface area contributed by atoms with Crippen molar-refractivity contribution >= 4 is 15.8 Å². The third-order valence-electron chi connectivity index (χ3n) is 5.15. The molecule has 120 valence electrons. The van der Waals surface area contributed by atoms with Crippen LogP contribution in [0.3, 0.4) is 0 Å². The first-order valence-corrected chi connectivity index (χ1v) is 9.53. The van der Waals surface area contributed by atoms with Crippen LogP contribution in [0, 0.1) is 11.8 Å². The summed E-state index contributed by atoms with van der Waals surface area (Å²) < 4.78 is 27.2. The number of piperidine rings is 1. The highest BCUT2D eigenvalue weighted by Gasteiger charge is 2.36. The van der Waals surface area contributed by atoms with Gasteiger partial charge in [0.1, 0.15) is 0 Å². The Hall–Kier alpha value is -1.20. The summed E-state index contributed by atoms with van der Waals surface area (Å²) in [6.07, 6.45) is 5.91. The smallest absolute Gasteiger partial charge is 0.243 e. The van der Waals surface area contributed by atoms with Gasteiger partial charge in [-0.1, -0.05) is 31.4 Å². The van der Waals surface area contributed by atoms with E-state index in [4.69, 9.17) is 0 Å². The van der Waals surface area contributed by atoms with Crippen molar-refractivity contribution in [2.75, 3.05) is 13.1 Å². The molecule has 1 saturated carbocycles. The third-order valence-corrected chi connectivity index (χ3v) is 7.03. The number of sulfonamides is 1. The van der Waals surface area contributed by atoms with E-state index in [2.05, 4.69) is 0 Å². The van der Waals surface area contributed by atoms with E-state index in [1.807, 2.05) is 0 Å². The molecule has 3 rings (SSSR count). The number of hydrogen-bond donors (Lipinski definition) is 0. The van der Waals surface area contributed by atoms with Gasteiger partial charge in [0, 0.05) is 18.7 Å². The molecule has 1 aliphatic heterocycles. The zero-order chi connectivity index (χ0) is 15.7. The monoisotopic (exact) mass is 321 g/mol. The summed E-state index contributed by atoms with van der Waals surface area (Å²) in [7, 11) is -3.43. The number of hydrogen-bond acceptors (Lipinski definition) is 3. The van der Waals surface area contributed by atoms with Gasteiger partial charge >= 0.3 is 0 Å². The normalized spacial score (nSPS) is 26.4. The van der Waals surface area contributed by atoms with Crippen molar-refractivity contribution < 1.29 is 13.2 Å². The molecule has 0 radical (unpaired) electrons. The molecule has 0 unspecified atom stereocenters. The second-order valence-corrected chi connectivity index (χ2v) is 8.47. The van der Waals surface area contributed by atoms with Crippen molar-refractivity contribution in [1.29, 1.82) is 0 Å². The Bertz CT molecular complexity index is 651. The van der Waals surface area contributed by atoms with Gasteiger partial charge < -0.3 is 0 Å². The quantitative estimate of drug-likeness (QED) is 0.804. The van der Waals surface area contributed by atoms with E-state index in [1.165, 1.54) is 26.2 Å².